The molecular formula is C54H48P3Ru. The van der Waals surface area contributed by atoms with Crippen molar-refractivity contribution in [2.75, 3.05) is 0 Å². The van der Waals surface area contributed by atoms with E-state index in [2.05, 4.69) is 273 Å². The molecule has 0 spiro atoms. The third-order valence-corrected chi connectivity index (χ3v) is 16.5. The van der Waals surface area contributed by atoms with Gasteiger partial charge in [-0.1, -0.05) is 273 Å². The van der Waals surface area contributed by atoms with Crippen LogP contribution >= 0.6 is 23.8 Å². The van der Waals surface area contributed by atoms with Gasteiger partial charge in [0.05, 0.1) is 0 Å². The zero-order valence-electron chi connectivity index (χ0n) is 32.3. The Kier molecular flexibility index (Phi) is 17.1. The van der Waals surface area contributed by atoms with Crippen molar-refractivity contribution in [2.24, 2.45) is 0 Å². The van der Waals surface area contributed by atoms with Crippen LogP contribution in [0.5, 0.6) is 0 Å². The molecule has 0 atom stereocenters. The van der Waals surface area contributed by atoms with Crippen LogP contribution in [0.1, 0.15) is 0 Å². The van der Waals surface area contributed by atoms with Crippen LogP contribution in [0.3, 0.4) is 0 Å². The van der Waals surface area contributed by atoms with E-state index in [1.54, 1.807) is 0 Å². The minimum atomic E-state index is -0.446. The van der Waals surface area contributed by atoms with Gasteiger partial charge in [-0.2, -0.15) is 0 Å². The number of benzene rings is 9. The fraction of sp³-hybridized carbons (Fsp3) is 0. The molecule has 0 saturated heterocycles. The maximum Gasteiger partial charge on any atom is -0.0134 e. The van der Waals surface area contributed by atoms with Gasteiger partial charge in [0.15, 0.2) is 0 Å². The van der Waals surface area contributed by atoms with E-state index >= 15 is 0 Å². The first kappa shape index (κ1) is 42.5. The van der Waals surface area contributed by atoms with E-state index in [0.29, 0.717) is 0 Å². The summed E-state index contributed by atoms with van der Waals surface area (Å²) >= 11 is 0. The van der Waals surface area contributed by atoms with Crippen molar-refractivity contribution in [3.63, 3.8) is 0 Å². The van der Waals surface area contributed by atoms with Crippen LogP contribution < -0.4 is 47.7 Å². The summed E-state index contributed by atoms with van der Waals surface area (Å²) in [7, 11) is -1.34. The Morgan fingerprint density at radius 3 is 0.310 bits per heavy atom. The predicted molar refractivity (Wildman–Crippen MR) is 260 cm³/mol. The molecule has 9 aromatic rings. The molecule has 0 nitrogen and oxygen atoms in total. The zero-order valence-corrected chi connectivity index (χ0v) is 37.2. The van der Waals surface area contributed by atoms with E-state index in [-0.39, 0.29) is 19.5 Å². The van der Waals surface area contributed by atoms with Crippen LogP contribution in [0.4, 0.5) is 0 Å². The molecular weight excluding hydrogens is 843 g/mol. The average molecular weight is 891 g/mol. The Balaban J connectivity index is 0.000000145. The molecule has 0 radical (unpaired) electrons. The molecule has 9 aromatic carbocycles. The summed E-state index contributed by atoms with van der Waals surface area (Å²) in [5.74, 6) is 0. The Morgan fingerprint density at radius 2 is 0.224 bits per heavy atom. The summed E-state index contributed by atoms with van der Waals surface area (Å²) in [6, 6.07) is 97.0. The second-order valence-corrected chi connectivity index (χ2v) is 19.7. The largest absolute Gasteiger partial charge is 0.0622 e. The van der Waals surface area contributed by atoms with Crippen molar-refractivity contribution in [2.45, 2.75) is 0 Å². The van der Waals surface area contributed by atoms with Gasteiger partial charge in [0.1, 0.15) is 0 Å². The standard InChI is InChI=1S/3C18H15P.Ru.3H/c3*1-4-10-16(11-5-1)19(17-12-6-2-7-13-17)18-14-8-3-9-15-18;;;;/h3*1-15H;;;;. The first-order chi connectivity index (χ1) is 28.3. The van der Waals surface area contributed by atoms with Crippen molar-refractivity contribution < 1.29 is 19.5 Å². The number of hydrogen-bond donors (Lipinski definition) is 0. The first-order valence-corrected chi connectivity index (χ1v) is 23.2. The monoisotopic (exact) mass is 891 g/mol. The molecule has 58 heavy (non-hydrogen) atoms. The Labute approximate surface area is 361 Å². The fourth-order valence-corrected chi connectivity index (χ4v) is 13.5. The van der Waals surface area contributed by atoms with Gasteiger partial charge in [0, 0.05) is 0 Å². The summed E-state index contributed by atoms with van der Waals surface area (Å²) in [5.41, 5.74) is 0. The van der Waals surface area contributed by atoms with E-state index in [1.165, 1.54) is 47.7 Å². The second kappa shape index (κ2) is 23.3. The van der Waals surface area contributed by atoms with E-state index < -0.39 is 23.8 Å². The summed E-state index contributed by atoms with van der Waals surface area (Å²) in [6.45, 7) is 0. The zero-order chi connectivity index (χ0) is 38.7. The summed E-state index contributed by atoms with van der Waals surface area (Å²) in [5, 5.41) is 12.6. The molecule has 0 saturated carbocycles. The molecule has 9 rings (SSSR count). The van der Waals surface area contributed by atoms with Gasteiger partial charge in [-0.15, -0.1) is 0 Å². The van der Waals surface area contributed by atoms with Crippen LogP contribution in [-0.2, 0) is 19.5 Å². The minimum Gasteiger partial charge on any atom is -0.0622 e. The molecule has 0 aliphatic rings. The van der Waals surface area contributed by atoms with E-state index in [0.717, 1.165) is 0 Å². The molecule has 0 unspecified atom stereocenters. The maximum atomic E-state index is 2.23. The van der Waals surface area contributed by atoms with Crippen LogP contribution in [0.15, 0.2) is 273 Å². The normalized spacial score (nSPS) is 10.4. The number of rotatable bonds is 9. The maximum absolute atomic E-state index is 2.23. The van der Waals surface area contributed by atoms with Crippen LogP contribution in [0.2, 0.25) is 0 Å². The molecule has 4 heteroatoms. The Bertz CT molecular complexity index is 1860. The van der Waals surface area contributed by atoms with Crippen molar-refractivity contribution in [3.8, 4) is 0 Å². The Hall–Kier alpha value is -5.11. The van der Waals surface area contributed by atoms with Gasteiger partial charge < -0.3 is 0 Å². The van der Waals surface area contributed by atoms with Gasteiger partial charge in [0.2, 0.25) is 0 Å². The third-order valence-electron chi connectivity index (χ3n) is 9.13. The molecule has 287 valence electrons. The van der Waals surface area contributed by atoms with Gasteiger partial charge in [-0.05, 0) is 71.5 Å². The van der Waals surface area contributed by atoms with Gasteiger partial charge in [0.25, 0.3) is 0 Å². The smallest absolute Gasteiger partial charge is 0.0134 e. The molecule has 0 amide bonds. The van der Waals surface area contributed by atoms with Crippen LogP contribution in [0.25, 0.3) is 0 Å². The average Bonchev–Trinajstić information content (AvgIpc) is 3.30. The van der Waals surface area contributed by atoms with Crippen LogP contribution in [-0.4, -0.2) is 0 Å². The van der Waals surface area contributed by atoms with Crippen molar-refractivity contribution >= 4 is 71.5 Å². The fourth-order valence-electron chi connectivity index (χ4n) is 6.54. The van der Waals surface area contributed by atoms with Crippen molar-refractivity contribution in [3.05, 3.63) is 273 Å². The molecule has 0 aliphatic heterocycles. The van der Waals surface area contributed by atoms with Crippen molar-refractivity contribution in [1.82, 2.24) is 0 Å². The quantitative estimate of drug-likeness (QED) is 0.100. The Morgan fingerprint density at radius 1 is 0.138 bits per heavy atom. The second-order valence-electron chi connectivity index (χ2n) is 13.0. The molecule has 0 N–H and O–H groups in total. The van der Waals surface area contributed by atoms with Crippen LogP contribution in [0, 0.1) is 0 Å². The first-order valence-electron chi connectivity index (χ1n) is 19.2. The molecule has 0 heterocycles. The van der Waals surface area contributed by atoms with E-state index in [1.807, 2.05) is 0 Å². The summed E-state index contributed by atoms with van der Waals surface area (Å²) < 4.78 is 0. The minimum absolute atomic E-state index is 0. The number of hydrogen-bond acceptors (Lipinski definition) is 0. The molecule has 0 aliphatic carbocycles. The molecule has 0 aromatic heterocycles. The molecule has 0 bridgehead atoms. The van der Waals surface area contributed by atoms with Gasteiger partial charge in [-0.3, -0.25) is 0 Å². The topological polar surface area (TPSA) is 0 Å². The van der Waals surface area contributed by atoms with Gasteiger partial charge in [-0.25, -0.2) is 0 Å². The summed E-state index contributed by atoms with van der Waals surface area (Å²) in [6.07, 6.45) is 0. The van der Waals surface area contributed by atoms with E-state index in [4.69, 9.17) is 0 Å². The summed E-state index contributed by atoms with van der Waals surface area (Å²) in [4.78, 5) is 0. The van der Waals surface area contributed by atoms with Gasteiger partial charge >= 0.3 is 19.5 Å². The third kappa shape index (κ3) is 12.0. The SMILES string of the molecule is [RuH3].c1ccc(P(c2ccccc2)c2ccccc2)cc1.c1ccc(P(c2ccccc2)c2ccccc2)cc1.c1ccc(P(c2ccccc2)c2ccccc2)cc1. The van der Waals surface area contributed by atoms with E-state index in [9.17, 15) is 0 Å². The molecule has 0 fully saturated rings. The van der Waals surface area contributed by atoms with Crippen molar-refractivity contribution in [1.29, 1.82) is 0 Å². The predicted octanol–water partition coefficient (Wildman–Crippen LogP) is 9.53.